The van der Waals surface area contributed by atoms with Crippen molar-refractivity contribution < 1.29 is 34.8 Å². The molecule has 9 heteroatoms. The van der Waals surface area contributed by atoms with Gasteiger partial charge in [-0.3, -0.25) is 9.59 Å². The Bertz CT molecular complexity index is 603. The van der Waals surface area contributed by atoms with Crippen molar-refractivity contribution in [2.24, 2.45) is 5.73 Å². The molecule has 0 aromatic heterocycles. The first-order valence-corrected chi connectivity index (χ1v) is 6.72. The minimum atomic E-state index is -1.28. The first kappa shape index (κ1) is 18.2. The molecular formula is C14H18N2O7. The molecule has 1 aromatic carbocycles. The topological polar surface area (TPSA) is 170 Å². The van der Waals surface area contributed by atoms with Gasteiger partial charge >= 0.3 is 11.9 Å². The highest BCUT2D eigenvalue weighted by Gasteiger charge is 2.22. The molecule has 2 atom stereocenters. The van der Waals surface area contributed by atoms with Crippen molar-refractivity contribution in [3.8, 4) is 11.5 Å². The molecule has 7 N–H and O–H groups in total. The van der Waals surface area contributed by atoms with E-state index in [9.17, 15) is 24.6 Å². The summed E-state index contributed by atoms with van der Waals surface area (Å²) in [5.41, 5.74) is 5.66. The van der Waals surface area contributed by atoms with Crippen molar-refractivity contribution in [3.05, 3.63) is 23.8 Å². The van der Waals surface area contributed by atoms with Crippen molar-refractivity contribution in [2.75, 3.05) is 0 Å². The maximum absolute atomic E-state index is 11.7. The van der Waals surface area contributed by atoms with Gasteiger partial charge in [0.05, 0.1) is 0 Å². The largest absolute Gasteiger partial charge is 0.504 e. The number of nitrogens with two attached hydrogens (primary N) is 1. The van der Waals surface area contributed by atoms with Crippen LogP contribution in [0.2, 0.25) is 0 Å². The van der Waals surface area contributed by atoms with E-state index < -0.39 is 35.7 Å². The number of phenols is 2. The zero-order valence-corrected chi connectivity index (χ0v) is 12.1. The predicted octanol–water partition coefficient (Wildman–Crippen LogP) is -0.598. The number of aliphatic carboxylic acids is 2. The maximum Gasteiger partial charge on any atom is 0.326 e. The van der Waals surface area contributed by atoms with Crippen LogP contribution in [-0.4, -0.2) is 50.4 Å². The number of nitrogens with one attached hydrogen (secondary N) is 1. The van der Waals surface area contributed by atoms with E-state index in [1.807, 2.05) is 0 Å². The Balaban J connectivity index is 2.64. The summed E-state index contributed by atoms with van der Waals surface area (Å²) in [4.78, 5) is 33.4. The molecule has 0 radical (unpaired) electrons. The van der Waals surface area contributed by atoms with Gasteiger partial charge in [0, 0.05) is 12.8 Å². The zero-order chi connectivity index (χ0) is 17.6. The van der Waals surface area contributed by atoms with Gasteiger partial charge in [-0.05, 0) is 24.1 Å². The van der Waals surface area contributed by atoms with Crippen LogP contribution in [0.5, 0.6) is 11.5 Å². The van der Waals surface area contributed by atoms with Gasteiger partial charge in [0.2, 0.25) is 5.91 Å². The monoisotopic (exact) mass is 326 g/mol. The first-order valence-electron chi connectivity index (χ1n) is 6.72. The third-order valence-corrected chi connectivity index (χ3v) is 3.11. The number of rotatable bonds is 8. The fourth-order valence-corrected chi connectivity index (χ4v) is 1.81. The van der Waals surface area contributed by atoms with Crippen LogP contribution in [0.1, 0.15) is 18.4 Å². The number of amides is 1. The van der Waals surface area contributed by atoms with Crippen LogP contribution in [0.15, 0.2) is 18.2 Å². The van der Waals surface area contributed by atoms with Crippen LogP contribution in [0.4, 0.5) is 0 Å². The minimum Gasteiger partial charge on any atom is -0.504 e. The zero-order valence-electron chi connectivity index (χ0n) is 12.1. The molecule has 0 aliphatic heterocycles. The summed E-state index contributed by atoms with van der Waals surface area (Å²) in [6.07, 6.45) is -0.453. The summed E-state index contributed by atoms with van der Waals surface area (Å²) in [5, 5.41) is 38.6. The first-order chi connectivity index (χ1) is 10.7. The number of benzene rings is 1. The Kier molecular flexibility index (Phi) is 6.34. The molecule has 0 saturated carbocycles. The molecule has 1 aromatic rings. The van der Waals surface area contributed by atoms with Crippen molar-refractivity contribution in [1.29, 1.82) is 0 Å². The van der Waals surface area contributed by atoms with Crippen LogP contribution in [-0.2, 0) is 20.8 Å². The van der Waals surface area contributed by atoms with Crippen molar-refractivity contribution >= 4 is 17.8 Å². The second-order valence-electron chi connectivity index (χ2n) is 4.97. The van der Waals surface area contributed by atoms with Gasteiger partial charge < -0.3 is 31.5 Å². The molecule has 0 bridgehead atoms. The summed E-state index contributed by atoms with van der Waals surface area (Å²) in [6, 6.07) is 1.36. The molecule has 0 aliphatic rings. The van der Waals surface area contributed by atoms with Gasteiger partial charge in [0.25, 0.3) is 0 Å². The van der Waals surface area contributed by atoms with E-state index in [-0.39, 0.29) is 25.0 Å². The molecule has 1 amide bonds. The number of hydrogen-bond donors (Lipinski definition) is 6. The third kappa shape index (κ3) is 5.83. The predicted molar refractivity (Wildman–Crippen MR) is 77.9 cm³/mol. The normalized spacial score (nSPS) is 13.1. The molecule has 0 fully saturated rings. The minimum absolute atomic E-state index is 0.111. The highest BCUT2D eigenvalue weighted by Crippen LogP contribution is 2.25. The van der Waals surface area contributed by atoms with E-state index in [0.717, 1.165) is 0 Å². The molecule has 0 heterocycles. The number of phenolic OH excluding ortho intramolecular Hbond substituents is 2. The third-order valence-electron chi connectivity index (χ3n) is 3.11. The van der Waals surface area contributed by atoms with E-state index in [0.29, 0.717) is 5.56 Å². The molecule has 126 valence electrons. The summed E-state index contributed by atoms with van der Waals surface area (Å²) >= 11 is 0. The van der Waals surface area contributed by atoms with Crippen LogP contribution < -0.4 is 11.1 Å². The summed E-state index contributed by atoms with van der Waals surface area (Å²) in [6.45, 7) is 0. The molecule has 0 spiro atoms. The van der Waals surface area contributed by atoms with Crippen LogP contribution >= 0.6 is 0 Å². The number of aromatic hydroxyl groups is 2. The number of hydrogen-bond acceptors (Lipinski definition) is 6. The number of carbonyl (C=O) groups is 3. The summed E-state index contributed by atoms with van der Waals surface area (Å²) in [5.74, 6) is -3.91. The fourth-order valence-electron chi connectivity index (χ4n) is 1.81. The maximum atomic E-state index is 11.7. The van der Waals surface area contributed by atoms with Crippen molar-refractivity contribution in [3.63, 3.8) is 0 Å². The molecule has 2 unspecified atom stereocenters. The molecule has 9 nitrogen and oxygen atoms in total. The summed E-state index contributed by atoms with van der Waals surface area (Å²) in [7, 11) is 0. The lowest BCUT2D eigenvalue weighted by atomic mass is 10.0. The van der Waals surface area contributed by atoms with Crippen molar-refractivity contribution in [1.82, 2.24) is 5.32 Å². The molecule has 23 heavy (non-hydrogen) atoms. The van der Waals surface area contributed by atoms with E-state index >= 15 is 0 Å². The quantitative estimate of drug-likeness (QED) is 0.344. The van der Waals surface area contributed by atoms with Gasteiger partial charge in [-0.15, -0.1) is 0 Å². The van der Waals surface area contributed by atoms with Gasteiger partial charge in [0.15, 0.2) is 11.5 Å². The van der Waals surface area contributed by atoms with Crippen LogP contribution in [0, 0.1) is 0 Å². The lowest BCUT2D eigenvalue weighted by Gasteiger charge is -2.15. The van der Waals surface area contributed by atoms with E-state index in [1.165, 1.54) is 18.2 Å². The number of carbonyl (C=O) groups excluding carboxylic acids is 1. The van der Waals surface area contributed by atoms with Crippen molar-refractivity contribution in [2.45, 2.75) is 31.3 Å². The number of carboxylic acids is 2. The van der Waals surface area contributed by atoms with Crippen LogP contribution in [0.3, 0.4) is 0 Å². The second-order valence-corrected chi connectivity index (χ2v) is 4.97. The SMILES string of the molecule is NC(CCC(=O)NC(Cc1ccc(O)c(O)c1)C(=O)O)C(=O)O. The molecule has 1 rings (SSSR count). The lowest BCUT2D eigenvalue weighted by molar-refractivity contribution is -0.142. The Morgan fingerprint density at radius 3 is 2.26 bits per heavy atom. The standard InChI is InChI=1S/C14H18N2O7/c15-8(13(20)21)2-4-12(19)16-9(14(22)23)5-7-1-3-10(17)11(18)6-7/h1,3,6,8-9,17-18H,2,4-5,15H2,(H,16,19)(H,20,21)(H,22,23). The van der Waals surface area contributed by atoms with E-state index in [4.69, 9.17) is 15.9 Å². The Morgan fingerprint density at radius 1 is 1.09 bits per heavy atom. The highest BCUT2D eigenvalue weighted by molar-refractivity contribution is 5.84. The van der Waals surface area contributed by atoms with Gasteiger partial charge in [0.1, 0.15) is 12.1 Å². The highest BCUT2D eigenvalue weighted by atomic mass is 16.4. The van der Waals surface area contributed by atoms with E-state index in [1.54, 1.807) is 0 Å². The smallest absolute Gasteiger partial charge is 0.326 e. The second kappa shape index (κ2) is 7.99. The number of carboxylic acid groups (broad SMARTS) is 2. The fraction of sp³-hybridized carbons (Fsp3) is 0.357. The van der Waals surface area contributed by atoms with Crippen LogP contribution in [0.25, 0.3) is 0 Å². The van der Waals surface area contributed by atoms with Gasteiger partial charge in [-0.25, -0.2) is 4.79 Å². The van der Waals surface area contributed by atoms with E-state index in [2.05, 4.69) is 5.32 Å². The van der Waals surface area contributed by atoms with Gasteiger partial charge in [-0.2, -0.15) is 0 Å². The Hall–Kier alpha value is -2.81. The molecule has 0 aliphatic carbocycles. The molecule has 0 saturated heterocycles. The Morgan fingerprint density at radius 2 is 1.74 bits per heavy atom. The Labute approximate surface area is 131 Å². The molecular weight excluding hydrogens is 308 g/mol. The average molecular weight is 326 g/mol. The lowest BCUT2D eigenvalue weighted by Crippen LogP contribution is -2.43. The van der Waals surface area contributed by atoms with Gasteiger partial charge in [-0.1, -0.05) is 6.07 Å². The summed E-state index contributed by atoms with van der Waals surface area (Å²) < 4.78 is 0. The average Bonchev–Trinajstić information content (AvgIpc) is 2.47.